The summed E-state index contributed by atoms with van der Waals surface area (Å²) in [5.74, 6) is 0.237. The lowest BCUT2D eigenvalue weighted by Gasteiger charge is -2.37. The number of halogens is 1. The van der Waals surface area contributed by atoms with Gasteiger partial charge in [0.25, 0.3) is 0 Å². The lowest BCUT2D eigenvalue weighted by Crippen LogP contribution is -2.42. The van der Waals surface area contributed by atoms with E-state index >= 15 is 0 Å². The maximum atomic E-state index is 13.8. The summed E-state index contributed by atoms with van der Waals surface area (Å²) in [6.45, 7) is 5.81. The van der Waals surface area contributed by atoms with Crippen molar-refractivity contribution in [1.82, 2.24) is 10.3 Å². The number of ether oxygens (including phenoxy) is 1. The van der Waals surface area contributed by atoms with Gasteiger partial charge < -0.3 is 15.4 Å². The van der Waals surface area contributed by atoms with Gasteiger partial charge in [-0.15, -0.1) is 0 Å². The molecule has 6 heteroatoms. The Labute approximate surface area is 162 Å². The Balaban J connectivity index is 1.59. The summed E-state index contributed by atoms with van der Waals surface area (Å²) < 4.78 is 19.7. The predicted molar refractivity (Wildman–Crippen MR) is 107 cm³/mol. The van der Waals surface area contributed by atoms with E-state index < -0.39 is 5.60 Å². The summed E-state index contributed by atoms with van der Waals surface area (Å²) in [7, 11) is 0. The predicted octanol–water partition coefficient (Wildman–Crippen LogP) is 5.11. The van der Waals surface area contributed by atoms with Crippen molar-refractivity contribution in [2.75, 3.05) is 5.32 Å². The molecule has 2 heterocycles. The number of amides is 2. The molecule has 2 N–H and O–H groups in total. The summed E-state index contributed by atoms with van der Waals surface area (Å²) >= 11 is 0. The number of carbonyl (C=O) groups excluding carboxylic acids is 1. The maximum absolute atomic E-state index is 13.8. The van der Waals surface area contributed by atoms with Gasteiger partial charge >= 0.3 is 6.03 Å². The van der Waals surface area contributed by atoms with Crippen LogP contribution in [-0.2, 0) is 0 Å². The largest absolute Gasteiger partial charge is 0.487 e. The first kappa shape index (κ1) is 18.2. The molecule has 0 aliphatic carbocycles. The van der Waals surface area contributed by atoms with Gasteiger partial charge in [-0.25, -0.2) is 9.18 Å². The molecule has 0 spiro atoms. The molecule has 1 atom stereocenters. The van der Waals surface area contributed by atoms with Crippen molar-refractivity contribution in [1.29, 1.82) is 0 Å². The number of rotatable bonds is 2. The number of carbonyl (C=O) groups is 1. The van der Waals surface area contributed by atoms with Gasteiger partial charge in [0.1, 0.15) is 17.2 Å². The second-order valence-electron chi connectivity index (χ2n) is 7.75. The molecule has 0 fully saturated rings. The molecule has 0 radical (unpaired) electrons. The van der Waals surface area contributed by atoms with Crippen LogP contribution in [0, 0.1) is 12.7 Å². The van der Waals surface area contributed by atoms with E-state index in [1.54, 1.807) is 12.3 Å². The van der Waals surface area contributed by atoms with Crippen LogP contribution in [0.4, 0.5) is 14.9 Å². The Morgan fingerprint density at radius 3 is 2.89 bits per heavy atom. The zero-order valence-electron chi connectivity index (χ0n) is 16.0. The number of fused-ring (bicyclic) bond motifs is 2. The Morgan fingerprint density at radius 2 is 2.07 bits per heavy atom. The highest BCUT2D eigenvalue weighted by Crippen LogP contribution is 2.39. The number of anilines is 1. The lowest BCUT2D eigenvalue weighted by atomic mass is 9.89. The monoisotopic (exact) mass is 379 g/mol. The van der Waals surface area contributed by atoms with Gasteiger partial charge in [0.2, 0.25) is 0 Å². The standard InChI is InChI=1S/C22H22FN3O2/c1-13-9-16-14(12-24-13)5-4-6-18(16)25-21(27)26-19-11-22(2,3)28-20-8-7-15(23)10-17(19)20/h4-10,12,19H,11H2,1-3H3,(H2,25,26,27)/t19-/m1/s1. The molecular weight excluding hydrogens is 357 g/mol. The zero-order chi connectivity index (χ0) is 19.9. The van der Waals surface area contributed by atoms with Crippen molar-refractivity contribution >= 4 is 22.5 Å². The van der Waals surface area contributed by atoms with Gasteiger partial charge in [0.05, 0.1) is 11.7 Å². The minimum atomic E-state index is -0.467. The highest BCUT2D eigenvalue weighted by molar-refractivity contribution is 6.01. The van der Waals surface area contributed by atoms with Crippen molar-refractivity contribution in [2.45, 2.75) is 38.8 Å². The number of hydrogen-bond donors (Lipinski definition) is 2. The Bertz CT molecular complexity index is 1060. The smallest absolute Gasteiger partial charge is 0.319 e. The maximum Gasteiger partial charge on any atom is 0.319 e. The second kappa shape index (κ2) is 6.78. The van der Waals surface area contributed by atoms with Gasteiger partial charge in [0, 0.05) is 34.6 Å². The summed E-state index contributed by atoms with van der Waals surface area (Å²) in [6, 6.07) is 11.3. The van der Waals surface area contributed by atoms with Crippen molar-refractivity contribution in [2.24, 2.45) is 0 Å². The number of hydrogen-bond acceptors (Lipinski definition) is 3. The molecule has 1 aliphatic rings. The van der Waals surface area contributed by atoms with Crippen molar-refractivity contribution < 1.29 is 13.9 Å². The number of urea groups is 1. The Hall–Kier alpha value is -3.15. The average molecular weight is 379 g/mol. The quantitative estimate of drug-likeness (QED) is 0.651. The topological polar surface area (TPSA) is 63.2 Å². The molecule has 0 saturated carbocycles. The van der Waals surface area contributed by atoms with E-state index in [1.165, 1.54) is 12.1 Å². The summed E-state index contributed by atoms with van der Waals surface area (Å²) in [5, 5.41) is 7.76. The zero-order valence-corrected chi connectivity index (χ0v) is 16.0. The molecule has 0 bridgehead atoms. The van der Waals surface area contributed by atoms with E-state index in [-0.39, 0.29) is 17.9 Å². The normalized spacial score (nSPS) is 17.5. The molecule has 1 aliphatic heterocycles. The molecule has 5 nitrogen and oxygen atoms in total. The van der Waals surface area contributed by atoms with E-state index in [1.807, 2.05) is 45.0 Å². The summed E-state index contributed by atoms with van der Waals surface area (Å²) in [5.41, 5.74) is 1.75. The fourth-order valence-electron chi connectivity index (χ4n) is 3.65. The molecule has 2 aromatic carbocycles. The van der Waals surface area contributed by atoms with Gasteiger partial charge in [-0.3, -0.25) is 4.98 Å². The third-order valence-electron chi connectivity index (χ3n) is 4.88. The minimum Gasteiger partial charge on any atom is -0.487 e. The van der Waals surface area contributed by atoms with Crippen LogP contribution >= 0.6 is 0 Å². The number of aromatic nitrogens is 1. The Kier molecular flexibility index (Phi) is 4.41. The molecular formula is C22H22FN3O2. The van der Waals surface area contributed by atoms with Gasteiger partial charge in [-0.2, -0.15) is 0 Å². The first-order valence-corrected chi connectivity index (χ1v) is 9.22. The van der Waals surface area contributed by atoms with Crippen LogP contribution in [0.3, 0.4) is 0 Å². The number of nitrogens with zero attached hydrogens (tertiary/aromatic N) is 1. The van der Waals surface area contributed by atoms with E-state index in [4.69, 9.17) is 4.74 Å². The molecule has 1 aromatic heterocycles. The van der Waals surface area contributed by atoms with E-state index in [2.05, 4.69) is 15.6 Å². The second-order valence-corrected chi connectivity index (χ2v) is 7.75. The third-order valence-corrected chi connectivity index (χ3v) is 4.88. The molecule has 0 saturated heterocycles. The van der Waals surface area contributed by atoms with E-state index in [9.17, 15) is 9.18 Å². The van der Waals surface area contributed by atoms with Crippen LogP contribution in [0.5, 0.6) is 5.75 Å². The van der Waals surface area contributed by atoms with Gasteiger partial charge in [-0.05, 0) is 51.1 Å². The first-order chi connectivity index (χ1) is 13.3. The summed E-state index contributed by atoms with van der Waals surface area (Å²) in [6.07, 6.45) is 2.32. The van der Waals surface area contributed by atoms with Gasteiger partial charge in [-0.1, -0.05) is 12.1 Å². The molecule has 0 unspecified atom stereocenters. The van der Waals surface area contributed by atoms with Crippen LogP contribution in [0.15, 0.2) is 48.7 Å². The molecule has 4 rings (SSSR count). The summed E-state index contributed by atoms with van der Waals surface area (Å²) in [4.78, 5) is 17.0. The number of aryl methyl sites for hydroxylation is 1. The first-order valence-electron chi connectivity index (χ1n) is 9.22. The van der Waals surface area contributed by atoms with Crippen molar-refractivity contribution in [3.05, 3.63) is 65.7 Å². The minimum absolute atomic E-state index is 0.347. The third kappa shape index (κ3) is 3.63. The fraction of sp³-hybridized carbons (Fsp3) is 0.273. The van der Waals surface area contributed by atoms with Crippen molar-refractivity contribution in [3.8, 4) is 5.75 Å². The Morgan fingerprint density at radius 1 is 1.25 bits per heavy atom. The van der Waals surface area contributed by atoms with E-state index in [0.717, 1.165) is 16.5 Å². The highest BCUT2D eigenvalue weighted by atomic mass is 19.1. The van der Waals surface area contributed by atoms with Gasteiger partial charge in [0.15, 0.2) is 0 Å². The highest BCUT2D eigenvalue weighted by Gasteiger charge is 2.34. The molecule has 28 heavy (non-hydrogen) atoms. The lowest BCUT2D eigenvalue weighted by molar-refractivity contribution is 0.0680. The van der Waals surface area contributed by atoms with Crippen LogP contribution in [-0.4, -0.2) is 16.6 Å². The van der Waals surface area contributed by atoms with E-state index in [0.29, 0.717) is 23.4 Å². The van der Waals surface area contributed by atoms with Crippen LogP contribution in [0.2, 0.25) is 0 Å². The SMILES string of the molecule is Cc1cc2c(NC(=O)N[C@@H]3CC(C)(C)Oc4ccc(F)cc43)cccc2cn1. The molecule has 3 aromatic rings. The average Bonchev–Trinajstić information content (AvgIpc) is 2.62. The number of nitrogens with one attached hydrogen (secondary N) is 2. The van der Waals surface area contributed by atoms with Crippen molar-refractivity contribution in [3.63, 3.8) is 0 Å². The number of benzene rings is 2. The van der Waals surface area contributed by atoms with Crippen LogP contribution in [0.25, 0.3) is 10.8 Å². The fourth-order valence-corrected chi connectivity index (χ4v) is 3.65. The molecule has 2 amide bonds. The molecule has 144 valence electrons. The van der Waals surface area contributed by atoms with Crippen LogP contribution < -0.4 is 15.4 Å². The van der Waals surface area contributed by atoms with Crippen LogP contribution in [0.1, 0.15) is 37.6 Å². The number of pyridine rings is 1.